The highest BCUT2D eigenvalue weighted by Crippen LogP contribution is 2.09. The monoisotopic (exact) mass is 325 g/mol. The molecule has 2 aromatic rings. The van der Waals surface area contributed by atoms with Crippen molar-refractivity contribution in [3.8, 4) is 6.07 Å². The standard InChI is InChI=1S/C17H15N3O4/c1-24-17(23)13-8-14(16(22)19-10-13)20-15(21)7-6-11-2-4-12(9-18)5-3-11/h2-5,8,10H,6-7H2,1H3,(H,19,22)(H,20,21). The van der Waals surface area contributed by atoms with Crippen LogP contribution in [0, 0.1) is 11.3 Å². The van der Waals surface area contributed by atoms with Crippen molar-refractivity contribution >= 4 is 17.6 Å². The third-order valence-corrected chi connectivity index (χ3v) is 3.32. The highest BCUT2D eigenvalue weighted by atomic mass is 16.5. The number of carbonyl (C=O) groups excluding carboxylic acids is 2. The molecule has 0 saturated heterocycles. The fourth-order valence-corrected chi connectivity index (χ4v) is 2.03. The molecule has 1 aromatic heterocycles. The third-order valence-electron chi connectivity index (χ3n) is 3.32. The molecular formula is C17H15N3O4. The summed E-state index contributed by atoms with van der Waals surface area (Å²) in [6.07, 6.45) is 1.85. The lowest BCUT2D eigenvalue weighted by Gasteiger charge is -2.06. The van der Waals surface area contributed by atoms with E-state index in [1.54, 1.807) is 24.3 Å². The lowest BCUT2D eigenvalue weighted by Crippen LogP contribution is -2.21. The van der Waals surface area contributed by atoms with Gasteiger partial charge in [0, 0.05) is 12.6 Å². The van der Waals surface area contributed by atoms with Gasteiger partial charge in [0.25, 0.3) is 5.56 Å². The molecule has 0 atom stereocenters. The quantitative estimate of drug-likeness (QED) is 0.811. The topological polar surface area (TPSA) is 112 Å². The molecule has 2 rings (SSSR count). The van der Waals surface area contributed by atoms with E-state index in [2.05, 4.69) is 15.0 Å². The smallest absolute Gasteiger partial charge is 0.339 e. The van der Waals surface area contributed by atoms with Crippen molar-refractivity contribution in [1.29, 1.82) is 5.26 Å². The molecule has 0 aliphatic heterocycles. The molecule has 1 amide bonds. The minimum absolute atomic E-state index is 0.0114. The van der Waals surface area contributed by atoms with Crippen LogP contribution in [0.5, 0.6) is 0 Å². The van der Waals surface area contributed by atoms with Crippen LogP contribution in [-0.2, 0) is 16.0 Å². The number of aromatic nitrogens is 1. The molecule has 2 N–H and O–H groups in total. The summed E-state index contributed by atoms with van der Waals surface area (Å²) in [6, 6.07) is 10.2. The van der Waals surface area contributed by atoms with Crippen molar-refractivity contribution in [3.05, 3.63) is 63.6 Å². The van der Waals surface area contributed by atoms with E-state index in [0.717, 1.165) is 5.56 Å². The zero-order valence-electron chi connectivity index (χ0n) is 13.0. The number of carbonyl (C=O) groups is 2. The van der Waals surface area contributed by atoms with Gasteiger partial charge >= 0.3 is 5.97 Å². The van der Waals surface area contributed by atoms with Gasteiger partial charge in [0.1, 0.15) is 5.69 Å². The number of anilines is 1. The van der Waals surface area contributed by atoms with Crippen LogP contribution in [0.2, 0.25) is 0 Å². The van der Waals surface area contributed by atoms with E-state index >= 15 is 0 Å². The average molecular weight is 325 g/mol. The number of nitrogens with one attached hydrogen (secondary N) is 2. The first-order valence-electron chi connectivity index (χ1n) is 7.13. The number of methoxy groups -OCH3 is 1. The molecule has 0 aliphatic carbocycles. The first kappa shape index (κ1) is 17.0. The van der Waals surface area contributed by atoms with Crippen LogP contribution < -0.4 is 10.9 Å². The van der Waals surface area contributed by atoms with Crippen LogP contribution in [-0.4, -0.2) is 24.0 Å². The first-order chi connectivity index (χ1) is 11.5. The minimum atomic E-state index is -0.612. The van der Waals surface area contributed by atoms with Crippen molar-refractivity contribution in [1.82, 2.24) is 4.98 Å². The molecule has 0 saturated carbocycles. The number of rotatable bonds is 5. The maximum Gasteiger partial charge on any atom is 0.339 e. The SMILES string of the molecule is COC(=O)c1c[nH]c(=O)c(NC(=O)CCc2ccc(C#N)cc2)c1. The van der Waals surface area contributed by atoms with Gasteiger partial charge in [-0.05, 0) is 30.2 Å². The number of pyridine rings is 1. The summed E-state index contributed by atoms with van der Waals surface area (Å²) in [6.45, 7) is 0. The molecule has 0 aliphatic rings. The van der Waals surface area contributed by atoms with Gasteiger partial charge in [-0.2, -0.15) is 5.26 Å². The number of benzene rings is 1. The molecule has 7 heteroatoms. The van der Waals surface area contributed by atoms with Crippen LogP contribution in [0.1, 0.15) is 27.9 Å². The number of aryl methyl sites for hydroxylation is 1. The molecule has 1 heterocycles. The lowest BCUT2D eigenvalue weighted by molar-refractivity contribution is -0.116. The highest BCUT2D eigenvalue weighted by molar-refractivity contribution is 5.94. The second kappa shape index (κ2) is 7.74. The Bertz CT molecular complexity index is 847. The number of esters is 1. The summed E-state index contributed by atoms with van der Waals surface area (Å²) in [5.41, 5.74) is 1.08. The number of nitriles is 1. The van der Waals surface area contributed by atoms with Crippen LogP contribution in [0.25, 0.3) is 0 Å². The Hall–Kier alpha value is -3.40. The Labute approximate surface area is 137 Å². The maximum atomic E-state index is 12.0. The molecule has 7 nitrogen and oxygen atoms in total. The van der Waals surface area contributed by atoms with Crippen molar-refractivity contribution in [2.75, 3.05) is 12.4 Å². The van der Waals surface area contributed by atoms with E-state index in [9.17, 15) is 14.4 Å². The Morgan fingerprint density at radius 3 is 2.62 bits per heavy atom. The summed E-state index contributed by atoms with van der Waals surface area (Å²) in [4.78, 5) is 37.5. The molecule has 24 heavy (non-hydrogen) atoms. The van der Waals surface area contributed by atoms with Crippen molar-refractivity contribution in [2.24, 2.45) is 0 Å². The van der Waals surface area contributed by atoms with Crippen LogP contribution in [0.3, 0.4) is 0 Å². The van der Waals surface area contributed by atoms with Gasteiger partial charge in [0.05, 0.1) is 24.3 Å². The van der Waals surface area contributed by atoms with Gasteiger partial charge in [0.15, 0.2) is 0 Å². The van der Waals surface area contributed by atoms with E-state index in [-0.39, 0.29) is 23.6 Å². The lowest BCUT2D eigenvalue weighted by atomic mass is 10.1. The second-order valence-corrected chi connectivity index (χ2v) is 4.98. The summed E-state index contributed by atoms with van der Waals surface area (Å²) in [5.74, 6) is -0.966. The van der Waals surface area contributed by atoms with Crippen LogP contribution in [0.15, 0.2) is 41.3 Å². The summed E-state index contributed by atoms with van der Waals surface area (Å²) in [7, 11) is 1.23. The highest BCUT2D eigenvalue weighted by Gasteiger charge is 2.11. The van der Waals surface area contributed by atoms with E-state index in [1.165, 1.54) is 19.4 Å². The number of H-pyrrole nitrogens is 1. The van der Waals surface area contributed by atoms with Gasteiger partial charge in [-0.15, -0.1) is 0 Å². The molecule has 0 spiro atoms. The summed E-state index contributed by atoms with van der Waals surface area (Å²) in [5, 5.41) is 11.2. The van der Waals surface area contributed by atoms with Crippen molar-refractivity contribution < 1.29 is 14.3 Å². The van der Waals surface area contributed by atoms with E-state index in [4.69, 9.17) is 5.26 Å². The molecule has 1 aromatic carbocycles. The van der Waals surface area contributed by atoms with Gasteiger partial charge < -0.3 is 15.0 Å². The van der Waals surface area contributed by atoms with Gasteiger partial charge in [-0.25, -0.2) is 4.79 Å². The minimum Gasteiger partial charge on any atom is -0.465 e. The fourth-order valence-electron chi connectivity index (χ4n) is 2.03. The number of amides is 1. The van der Waals surface area contributed by atoms with E-state index in [1.807, 2.05) is 6.07 Å². The third kappa shape index (κ3) is 4.30. The molecular weight excluding hydrogens is 310 g/mol. The number of aromatic amines is 1. The van der Waals surface area contributed by atoms with Crippen molar-refractivity contribution in [3.63, 3.8) is 0 Å². The predicted molar refractivity (Wildman–Crippen MR) is 86.5 cm³/mol. The number of nitrogens with zero attached hydrogens (tertiary/aromatic N) is 1. The summed E-state index contributed by atoms with van der Waals surface area (Å²) >= 11 is 0. The Balaban J connectivity index is 2.00. The molecule has 122 valence electrons. The number of ether oxygens (including phenoxy) is 1. The van der Waals surface area contributed by atoms with E-state index in [0.29, 0.717) is 12.0 Å². The second-order valence-electron chi connectivity index (χ2n) is 4.98. The Kier molecular flexibility index (Phi) is 5.47. The maximum absolute atomic E-state index is 12.0. The van der Waals surface area contributed by atoms with Gasteiger partial charge in [-0.3, -0.25) is 9.59 Å². The molecule has 0 unspecified atom stereocenters. The van der Waals surface area contributed by atoms with Crippen LogP contribution in [0.4, 0.5) is 5.69 Å². The normalized spacial score (nSPS) is 9.83. The number of hydrogen-bond acceptors (Lipinski definition) is 5. The molecule has 0 bridgehead atoms. The predicted octanol–water partition coefficient (Wildman–Crippen LogP) is 1.60. The zero-order valence-corrected chi connectivity index (χ0v) is 13.0. The molecule has 0 radical (unpaired) electrons. The Morgan fingerprint density at radius 1 is 1.29 bits per heavy atom. The summed E-state index contributed by atoms with van der Waals surface area (Å²) < 4.78 is 4.56. The van der Waals surface area contributed by atoms with Crippen LogP contribution >= 0.6 is 0 Å². The largest absolute Gasteiger partial charge is 0.465 e. The Morgan fingerprint density at radius 2 is 2.00 bits per heavy atom. The van der Waals surface area contributed by atoms with Crippen molar-refractivity contribution in [2.45, 2.75) is 12.8 Å². The fraction of sp³-hybridized carbons (Fsp3) is 0.176. The molecule has 0 fully saturated rings. The van der Waals surface area contributed by atoms with Gasteiger partial charge in [-0.1, -0.05) is 12.1 Å². The zero-order chi connectivity index (χ0) is 17.5. The first-order valence-corrected chi connectivity index (χ1v) is 7.13. The average Bonchev–Trinajstić information content (AvgIpc) is 2.61. The van der Waals surface area contributed by atoms with E-state index < -0.39 is 11.5 Å². The number of hydrogen-bond donors (Lipinski definition) is 2. The van der Waals surface area contributed by atoms with Gasteiger partial charge in [0.2, 0.25) is 5.91 Å².